The van der Waals surface area contributed by atoms with E-state index in [0.717, 1.165) is 78.4 Å². The average molecular weight is 1570 g/mol. The molecule has 4 aliphatic heterocycles. The van der Waals surface area contributed by atoms with Crippen LogP contribution in [0.4, 0.5) is 26.3 Å². The Kier molecular flexibility index (Phi) is 42.7. The molecular weight excluding hydrogens is 1470 g/mol. The van der Waals surface area contributed by atoms with Gasteiger partial charge in [0.05, 0.1) is 62.1 Å². The third-order valence-corrected chi connectivity index (χ3v) is 17.3. The Hall–Kier alpha value is -9.91. The molecule has 8 aromatic carbocycles. The van der Waals surface area contributed by atoms with Gasteiger partial charge < -0.3 is 23.2 Å². The number of hydrogen-bond donors (Lipinski definition) is 2. The van der Waals surface area contributed by atoms with Gasteiger partial charge in [0.2, 0.25) is 24.3 Å². The zero-order valence-corrected chi connectivity index (χ0v) is 64.3. The zero-order valence-electron chi connectivity index (χ0n) is 61.3. The number of nitro groups is 5. The summed E-state index contributed by atoms with van der Waals surface area (Å²) in [7, 11) is 2.62. The van der Waals surface area contributed by atoms with Crippen LogP contribution in [0, 0.1) is 58.0 Å². The monoisotopic (exact) mass is 1570 g/mol. The Morgan fingerprint density at radius 2 is 0.826 bits per heavy atom. The van der Waals surface area contributed by atoms with Gasteiger partial charge >= 0.3 is 12.4 Å². The first kappa shape index (κ1) is 93.3. The van der Waals surface area contributed by atoms with Crippen LogP contribution in [0.15, 0.2) is 249 Å². The first-order valence-electron chi connectivity index (χ1n) is 34.3. The smallest absolute Gasteiger partial charge is 0.369 e. The number of ether oxygens (including phenoxy) is 1. The van der Waals surface area contributed by atoms with Gasteiger partial charge in [-0.05, 0) is 45.5 Å². The molecule has 0 unspecified atom stereocenters. The summed E-state index contributed by atoms with van der Waals surface area (Å²) in [5.74, 6) is -0.492. The number of rotatable bonds is 19. The second-order valence-electron chi connectivity index (χ2n) is 25.3. The Bertz CT molecular complexity index is 3890. The van der Waals surface area contributed by atoms with Gasteiger partial charge in [0.25, 0.3) is 0 Å². The molecular formula is C79H94F6N11O12Zn-. The van der Waals surface area contributed by atoms with Gasteiger partial charge in [-0.3, -0.25) is 75.0 Å². The minimum Gasteiger partial charge on any atom is -0.369 e. The number of nitrogens with zero attached hydrogens (tertiary/aromatic N) is 9. The molecule has 8 aromatic rings. The molecule has 12 rings (SSSR count). The number of aldehydes is 1. The normalized spacial score (nSPS) is 19.2. The van der Waals surface area contributed by atoms with Gasteiger partial charge in [0.1, 0.15) is 6.29 Å². The molecule has 4 saturated heterocycles. The standard InChI is InChI=1S/C17H18N2O2.C12H13F3N2O2.C12H15F3N2.C11H17NO.C10H12N2O2.C8H7NO2.C7H6O.CH3NO2.CH3.Zn/c20-19(21)17-13-18(11-14-7-3-1-4-8-14)12-16(17)15-9-5-2-6-10-15;13-12(14,15)8-16-6-10(11(7-16)17(18)19)9-4-2-1-3-5-9;13-12(14,15)8-17-6-10(11(16)7-17)9-4-2-1-3-5-9;1-3-12(10-13-2)9-11-7-5-4-6-8-11;13-12(14)10-7-11-6-9(10)8-4-2-1-3-5-8;10-9(11)7-6-8-4-2-1-3-5-8;8-6-7-4-2-1-3-5-7;1-2(3)4;;/h1-10,16-17H,11-13H2;1-5,10-11H,6-8H2;1-5,10-11H,6-8,16H2;4-8H,3,9-10H2,1-2H3;1-5,9-11H,6-7H2;1-7H;1-6H;1H3;1H3;/q;;;;;;;;-1;/b;;;;;7-6+;;;;/t16-,17+;2*10-,11+;;9-,10+;;;;;/m000.0...../s1. The molecule has 109 heavy (non-hydrogen) atoms. The van der Waals surface area contributed by atoms with Crippen molar-refractivity contribution >= 4 is 12.4 Å². The van der Waals surface area contributed by atoms with Crippen molar-refractivity contribution in [1.82, 2.24) is 24.9 Å². The van der Waals surface area contributed by atoms with Gasteiger partial charge in [-0.2, -0.15) is 26.3 Å². The molecule has 582 valence electrons. The molecule has 0 spiro atoms. The number of carbonyl (C=O) groups is 1. The van der Waals surface area contributed by atoms with Crippen molar-refractivity contribution in [3.05, 3.63) is 351 Å². The van der Waals surface area contributed by atoms with E-state index in [-0.39, 0.29) is 73.6 Å². The van der Waals surface area contributed by atoms with Crippen molar-refractivity contribution < 1.29 is 80.0 Å². The fraction of sp³-hybridized carbons (Fsp3) is 0.342. The van der Waals surface area contributed by atoms with Crippen LogP contribution in [0.2, 0.25) is 0 Å². The van der Waals surface area contributed by atoms with E-state index >= 15 is 0 Å². The summed E-state index contributed by atoms with van der Waals surface area (Å²) in [6.07, 6.45) is -5.26. The Balaban J connectivity index is 0.000000331. The number of likely N-dealkylation sites (tertiary alicyclic amines) is 3. The van der Waals surface area contributed by atoms with Gasteiger partial charge in [-0.15, -0.1) is 0 Å². The molecule has 4 heterocycles. The van der Waals surface area contributed by atoms with Crippen LogP contribution in [0.5, 0.6) is 0 Å². The topological polar surface area (TPSA) is 293 Å². The second-order valence-corrected chi connectivity index (χ2v) is 25.3. The van der Waals surface area contributed by atoms with E-state index in [2.05, 4.69) is 58.4 Å². The quantitative estimate of drug-likeness (QED) is 0.0145. The van der Waals surface area contributed by atoms with Crippen LogP contribution in [0.25, 0.3) is 6.08 Å². The van der Waals surface area contributed by atoms with Crippen molar-refractivity contribution in [3.8, 4) is 0 Å². The summed E-state index contributed by atoms with van der Waals surface area (Å²) >= 11 is 0. The molecule has 30 heteroatoms. The van der Waals surface area contributed by atoms with Crippen LogP contribution in [-0.2, 0) is 37.3 Å². The molecule has 4 fully saturated rings. The Morgan fingerprint density at radius 1 is 0.486 bits per heavy atom. The maximum atomic E-state index is 12.4. The summed E-state index contributed by atoms with van der Waals surface area (Å²) < 4.78 is 79.0. The van der Waals surface area contributed by atoms with Gasteiger partial charge in [-0.1, -0.05) is 250 Å². The van der Waals surface area contributed by atoms with Crippen molar-refractivity contribution in [2.45, 2.75) is 80.2 Å². The van der Waals surface area contributed by atoms with Crippen LogP contribution in [-0.4, -0.2) is 180 Å². The van der Waals surface area contributed by atoms with Crippen LogP contribution in [0.1, 0.15) is 79.9 Å². The summed E-state index contributed by atoms with van der Waals surface area (Å²) in [6.45, 7) is 6.65. The van der Waals surface area contributed by atoms with Gasteiger partial charge in [0.15, 0.2) is 7.05 Å². The molecule has 0 bridgehead atoms. The molecule has 23 nitrogen and oxygen atoms in total. The minimum atomic E-state index is -4.33. The summed E-state index contributed by atoms with van der Waals surface area (Å²) in [5.41, 5.74) is 13.9. The summed E-state index contributed by atoms with van der Waals surface area (Å²) in [4.78, 5) is 67.0. The molecule has 4 aliphatic rings. The molecule has 0 amide bonds. The van der Waals surface area contributed by atoms with Gasteiger partial charge in [0, 0.05) is 116 Å². The number of nitrogens with one attached hydrogen (secondary N) is 1. The third-order valence-electron chi connectivity index (χ3n) is 17.3. The van der Waals surface area contributed by atoms with E-state index in [1.54, 1.807) is 61.7 Å². The van der Waals surface area contributed by atoms with Crippen molar-refractivity contribution in [2.75, 3.05) is 92.9 Å². The van der Waals surface area contributed by atoms with Crippen molar-refractivity contribution in [1.29, 1.82) is 0 Å². The number of methoxy groups -OCH3 is 1. The van der Waals surface area contributed by atoms with Crippen LogP contribution in [0.3, 0.4) is 0 Å². The molecule has 0 aliphatic carbocycles. The van der Waals surface area contributed by atoms with Crippen LogP contribution >= 0.6 is 0 Å². The van der Waals surface area contributed by atoms with E-state index in [0.29, 0.717) is 45.0 Å². The van der Waals surface area contributed by atoms with E-state index in [4.69, 9.17) is 20.6 Å². The fourth-order valence-corrected chi connectivity index (χ4v) is 12.4. The predicted octanol–water partition coefficient (Wildman–Crippen LogP) is 14.1. The SMILES string of the molecule is CCN(COC)Cc1ccccc1.C[N+](=O)[O-].N[C@@H]1CN(CC(F)(F)F)C[C@H]1c1ccccc1.O=Cc1ccccc1.O=[N+]([O-])/C=C/c1ccccc1.O=[N+]([O-])[C@@H]1CN(CC(F)(F)F)C[C@H]1c1ccccc1.O=[N+]([O-])[C@@H]1CN(Cc2ccccc2)C[C@H]1c1ccccc1.O=[N+]([O-])[C@@H]1CNC[C@H]1c1ccccc1.[CH3-].[Zn]. The first-order chi connectivity index (χ1) is 51.2. The van der Waals surface area contributed by atoms with Crippen LogP contribution < -0.4 is 11.1 Å². The van der Waals surface area contributed by atoms with Crippen molar-refractivity contribution in [3.63, 3.8) is 0 Å². The zero-order chi connectivity index (χ0) is 78.2. The third kappa shape index (κ3) is 36.2. The molecule has 0 saturated carbocycles. The summed E-state index contributed by atoms with van der Waals surface area (Å²) in [5, 5.41) is 54.9. The molecule has 3 N–H and O–H groups in total. The number of hydrogen-bond acceptors (Lipinski definition) is 18. The Labute approximate surface area is 644 Å². The van der Waals surface area contributed by atoms with E-state index in [9.17, 15) is 71.6 Å². The predicted molar refractivity (Wildman–Crippen MR) is 405 cm³/mol. The number of nitrogens with two attached hydrogens (primary N) is 1. The maximum absolute atomic E-state index is 12.4. The number of carbonyl (C=O) groups excluding carboxylic acids is 1. The summed E-state index contributed by atoms with van der Waals surface area (Å²) in [6, 6.07) is 74.3. The number of halogens is 6. The minimum absolute atomic E-state index is 0. The number of benzene rings is 8. The fourth-order valence-electron chi connectivity index (χ4n) is 12.4. The van der Waals surface area contributed by atoms with E-state index in [1.807, 2.05) is 152 Å². The average Bonchev–Trinajstić information content (AvgIpc) is 1.66. The molecule has 0 aromatic heterocycles. The maximum Gasteiger partial charge on any atom is 0.401 e. The Morgan fingerprint density at radius 3 is 1.19 bits per heavy atom. The van der Waals surface area contributed by atoms with Gasteiger partial charge in [-0.25, -0.2) is 0 Å². The van der Waals surface area contributed by atoms with E-state index in [1.165, 1.54) is 22.1 Å². The second kappa shape index (κ2) is 49.9. The molecule has 0 radical (unpaired) electrons. The largest absolute Gasteiger partial charge is 0.401 e. The van der Waals surface area contributed by atoms with Crippen molar-refractivity contribution in [2.24, 2.45) is 5.73 Å². The first-order valence-corrected chi connectivity index (χ1v) is 34.3. The van der Waals surface area contributed by atoms with E-state index < -0.39 is 64.3 Å². The molecule has 8 atom stereocenters. The number of alkyl halides is 6.